The fourth-order valence-corrected chi connectivity index (χ4v) is 1.76. The first-order chi connectivity index (χ1) is 10.6. The first kappa shape index (κ1) is 18.8. The molecule has 0 saturated carbocycles. The normalized spacial score (nSPS) is 10.7. The van der Waals surface area contributed by atoms with Crippen LogP contribution in [0.3, 0.4) is 0 Å². The molecule has 0 heterocycles. The lowest BCUT2D eigenvalue weighted by Crippen LogP contribution is -2.49. The molecule has 3 amide bonds. The molecule has 0 bridgehead atoms. The Morgan fingerprint density at radius 1 is 1.22 bits per heavy atom. The smallest absolute Gasteiger partial charge is 0.342 e. The number of ether oxygens (including phenoxy) is 2. The van der Waals surface area contributed by atoms with Gasteiger partial charge in [-0.15, -0.1) is 0 Å². The number of nitrogens with one attached hydrogen (secondary N) is 2. The highest BCUT2D eigenvalue weighted by Gasteiger charge is 2.18. The SMILES string of the molecule is COc1ccc(Cl)cc1C(=O)OCC(=O)NC(=O)NC(C)(C)C. The first-order valence-corrected chi connectivity index (χ1v) is 7.13. The topological polar surface area (TPSA) is 93.7 Å². The molecule has 23 heavy (non-hydrogen) atoms. The quantitative estimate of drug-likeness (QED) is 0.817. The van der Waals surface area contributed by atoms with E-state index in [4.69, 9.17) is 21.1 Å². The highest BCUT2D eigenvalue weighted by atomic mass is 35.5. The third kappa shape index (κ3) is 6.56. The van der Waals surface area contributed by atoms with Crippen LogP contribution in [0.5, 0.6) is 5.75 Å². The second-order valence-corrected chi connectivity index (χ2v) is 6.11. The second kappa shape index (κ2) is 7.82. The Morgan fingerprint density at radius 2 is 1.87 bits per heavy atom. The van der Waals surface area contributed by atoms with Crippen LogP contribution in [-0.2, 0) is 9.53 Å². The van der Waals surface area contributed by atoms with Crippen molar-refractivity contribution in [2.24, 2.45) is 0 Å². The van der Waals surface area contributed by atoms with Crippen LogP contribution in [-0.4, -0.2) is 37.2 Å². The van der Waals surface area contributed by atoms with Gasteiger partial charge in [-0.05, 0) is 39.0 Å². The summed E-state index contributed by atoms with van der Waals surface area (Å²) in [6.45, 7) is 4.69. The van der Waals surface area contributed by atoms with Crippen molar-refractivity contribution in [3.63, 3.8) is 0 Å². The van der Waals surface area contributed by atoms with Crippen LogP contribution in [0.2, 0.25) is 5.02 Å². The molecule has 0 aliphatic rings. The number of halogens is 1. The van der Waals surface area contributed by atoms with Gasteiger partial charge in [-0.2, -0.15) is 0 Å². The number of benzene rings is 1. The van der Waals surface area contributed by atoms with Gasteiger partial charge in [0.05, 0.1) is 7.11 Å². The first-order valence-electron chi connectivity index (χ1n) is 6.75. The molecule has 0 saturated heterocycles. The van der Waals surface area contributed by atoms with Gasteiger partial charge >= 0.3 is 12.0 Å². The molecule has 1 rings (SSSR count). The van der Waals surface area contributed by atoms with Crippen molar-refractivity contribution in [1.29, 1.82) is 0 Å². The highest BCUT2D eigenvalue weighted by Crippen LogP contribution is 2.23. The zero-order valence-electron chi connectivity index (χ0n) is 13.4. The Bertz CT molecular complexity index is 610. The summed E-state index contributed by atoms with van der Waals surface area (Å²) < 4.78 is 9.87. The van der Waals surface area contributed by atoms with Crippen LogP contribution in [0.1, 0.15) is 31.1 Å². The van der Waals surface area contributed by atoms with Crippen molar-refractivity contribution in [2.75, 3.05) is 13.7 Å². The van der Waals surface area contributed by atoms with E-state index in [0.29, 0.717) is 5.02 Å². The molecule has 0 aliphatic heterocycles. The molecular weight excluding hydrogens is 324 g/mol. The Kier molecular flexibility index (Phi) is 6.38. The maximum Gasteiger partial charge on any atom is 0.342 e. The van der Waals surface area contributed by atoms with Crippen LogP contribution in [0.25, 0.3) is 0 Å². The number of urea groups is 1. The number of hydrogen-bond donors (Lipinski definition) is 2. The molecule has 0 atom stereocenters. The Balaban J connectivity index is 2.58. The predicted octanol–water partition coefficient (Wildman–Crippen LogP) is 2.13. The van der Waals surface area contributed by atoms with Gasteiger partial charge in [0.25, 0.3) is 5.91 Å². The molecule has 0 unspecified atom stereocenters. The molecule has 7 nitrogen and oxygen atoms in total. The van der Waals surface area contributed by atoms with Gasteiger partial charge in [0.15, 0.2) is 6.61 Å². The number of rotatable bonds is 4. The maximum absolute atomic E-state index is 12.0. The van der Waals surface area contributed by atoms with E-state index in [2.05, 4.69) is 10.6 Å². The Morgan fingerprint density at radius 3 is 2.43 bits per heavy atom. The number of hydrogen-bond acceptors (Lipinski definition) is 5. The van der Waals surface area contributed by atoms with E-state index < -0.39 is 30.1 Å². The number of carbonyl (C=O) groups is 3. The van der Waals surface area contributed by atoms with Gasteiger partial charge in [0.2, 0.25) is 0 Å². The second-order valence-electron chi connectivity index (χ2n) is 5.67. The minimum Gasteiger partial charge on any atom is -0.496 e. The van der Waals surface area contributed by atoms with E-state index in [0.717, 1.165) is 0 Å². The molecule has 2 N–H and O–H groups in total. The summed E-state index contributed by atoms with van der Waals surface area (Å²) in [5, 5.41) is 4.93. The van der Waals surface area contributed by atoms with E-state index >= 15 is 0 Å². The highest BCUT2D eigenvalue weighted by molar-refractivity contribution is 6.31. The molecule has 126 valence electrons. The van der Waals surface area contributed by atoms with Crippen LogP contribution in [0.4, 0.5) is 4.79 Å². The van der Waals surface area contributed by atoms with Gasteiger partial charge in [-0.1, -0.05) is 11.6 Å². The monoisotopic (exact) mass is 342 g/mol. The van der Waals surface area contributed by atoms with Crippen LogP contribution in [0.15, 0.2) is 18.2 Å². The molecule has 8 heteroatoms. The lowest BCUT2D eigenvalue weighted by Gasteiger charge is -2.20. The van der Waals surface area contributed by atoms with Crippen LogP contribution >= 0.6 is 11.6 Å². The zero-order valence-corrected chi connectivity index (χ0v) is 14.1. The van der Waals surface area contributed by atoms with Gasteiger partial charge in [0.1, 0.15) is 11.3 Å². The van der Waals surface area contributed by atoms with Crippen molar-refractivity contribution in [1.82, 2.24) is 10.6 Å². The average molecular weight is 343 g/mol. The average Bonchev–Trinajstić information content (AvgIpc) is 2.42. The zero-order chi connectivity index (χ0) is 17.6. The number of imide groups is 1. The summed E-state index contributed by atoms with van der Waals surface area (Å²) in [7, 11) is 1.39. The summed E-state index contributed by atoms with van der Waals surface area (Å²) in [5.41, 5.74) is -0.401. The van der Waals surface area contributed by atoms with Gasteiger partial charge in [-0.25, -0.2) is 9.59 Å². The lowest BCUT2D eigenvalue weighted by atomic mass is 10.1. The Hall–Kier alpha value is -2.28. The standard InChI is InChI=1S/C15H19ClN2O5/c1-15(2,3)18-14(21)17-12(19)8-23-13(20)10-7-9(16)5-6-11(10)22-4/h5-7H,8H2,1-4H3,(H2,17,18,19,21). The minimum absolute atomic E-state index is 0.0898. The van der Waals surface area contributed by atoms with E-state index in [9.17, 15) is 14.4 Å². The third-order valence-electron chi connectivity index (χ3n) is 2.46. The van der Waals surface area contributed by atoms with Crippen LogP contribution < -0.4 is 15.4 Å². The molecule has 0 aromatic heterocycles. The summed E-state index contributed by atoms with van der Waals surface area (Å²) in [6.07, 6.45) is 0. The number of methoxy groups -OCH3 is 1. The summed E-state index contributed by atoms with van der Waals surface area (Å²) >= 11 is 5.82. The van der Waals surface area contributed by atoms with Crippen molar-refractivity contribution >= 4 is 29.5 Å². The molecule has 0 aliphatic carbocycles. The summed E-state index contributed by atoms with van der Waals surface area (Å²) in [4.78, 5) is 35.1. The van der Waals surface area contributed by atoms with E-state index in [1.165, 1.54) is 19.2 Å². The van der Waals surface area contributed by atoms with Gasteiger partial charge in [0, 0.05) is 10.6 Å². The van der Waals surface area contributed by atoms with Crippen molar-refractivity contribution in [3.05, 3.63) is 28.8 Å². The van der Waals surface area contributed by atoms with Crippen molar-refractivity contribution < 1.29 is 23.9 Å². The summed E-state index contributed by atoms with van der Waals surface area (Å²) in [5.74, 6) is -1.26. The van der Waals surface area contributed by atoms with Crippen molar-refractivity contribution in [3.8, 4) is 5.75 Å². The summed E-state index contributed by atoms with van der Waals surface area (Å²) in [6, 6.07) is 3.77. The van der Waals surface area contributed by atoms with Crippen LogP contribution in [0, 0.1) is 0 Å². The van der Waals surface area contributed by atoms with E-state index in [-0.39, 0.29) is 11.3 Å². The maximum atomic E-state index is 12.0. The molecule has 1 aromatic carbocycles. The molecule has 1 aromatic rings. The lowest BCUT2D eigenvalue weighted by molar-refractivity contribution is -0.123. The Labute approximate surface area is 139 Å². The largest absolute Gasteiger partial charge is 0.496 e. The fraction of sp³-hybridized carbons (Fsp3) is 0.400. The molecule has 0 fully saturated rings. The number of esters is 1. The number of carbonyl (C=O) groups excluding carboxylic acids is 3. The van der Waals surface area contributed by atoms with E-state index in [1.807, 2.05) is 0 Å². The van der Waals surface area contributed by atoms with Gasteiger partial charge < -0.3 is 14.8 Å². The predicted molar refractivity (Wildman–Crippen MR) is 84.7 cm³/mol. The van der Waals surface area contributed by atoms with E-state index in [1.54, 1.807) is 26.8 Å². The molecular formula is C15H19ClN2O5. The number of amides is 3. The third-order valence-corrected chi connectivity index (χ3v) is 2.69. The van der Waals surface area contributed by atoms with Gasteiger partial charge in [-0.3, -0.25) is 10.1 Å². The molecule has 0 spiro atoms. The molecule has 0 radical (unpaired) electrons. The van der Waals surface area contributed by atoms with Crippen molar-refractivity contribution in [2.45, 2.75) is 26.3 Å². The fourth-order valence-electron chi connectivity index (χ4n) is 1.58. The minimum atomic E-state index is -0.782.